The fourth-order valence-electron chi connectivity index (χ4n) is 2.62. The number of amides is 2. The number of aromatic hydroxyl groups is 1. The molecule has 0 heterocycles. The maximum Gasteiger partial charge on any atom is 0.257 e. The average molecular weight is 368 g/mol. The largest absolute Gasteiger partial charge is 0.507 e. The zero-order chi connectivity index (χ0) is 19.8. The van der Waals surface area contributed by atoms with Crippen LogP contribution in [0.1, 0.15) is 29.3 Å². The summed E-state index contributed by atoms with van der Waals surface area (Å²) in [5, 5.41) is 12.7. The number of nitrogens with zero attached hydrogens (tertiary/aromatic N) is 1. The summed E-state index contributed by atoms with van der Waals surface area (Å²) in [6.45, 7) is 6.32. The smallest absolute Gasteiger partial charge is 0.257 e. The predicted octanol–water partition coefficient (Wildman–Crippen LogP) is 3.58. The van der Waals surface area contributed by atoms with E-state index in [2.05, 4.69) is 11.9 Å². The number of methoxy groups -OCH3 is 1. The van der Waals surface area contributed by atoms with Gasteiger partial charge in [-0.1, -0.05) is 25.6 Å². The van der Waals surface area contributed by atoms with Crippen molar-refractivity contribution in [3.63, 3.8) is 0 Å². The van der Waals surface area contributed by atoms with Gasteiger partial charge in [-0.3, -0.25) is 9.59 Å². The van der Waals surface area contributed by atoms with Crippen LogP contribution in [0.25, 0.3) is 0 Å². The molecule has 0 atom stereocenters. The molecule has 0 aromatic heterocycles. The number of hydrogen-bond acceptors (Lipinski definition) is 4. The van der Waals surface area contributed by atoms with Gasteiger partial charge in [0, 0.05) is 18.8 Å². The Morgan fingerprint density at radius 1 is 1.22 bits per heavy atom. The van der Waals surface area contributed by atoms with Crippen LogP contribution in [-0.2, 0) is 11.3 Å². The molecule has 6 nitrogen and oxygen atoms in total. The van der Waals surface area contributed by atoms with E-state index in [1.807, 2.05) is 31.2 Å². The van der Waals surface area contributed by atoms with E-state index in [0.717, 1.165) is 23.8 Å². The average Bonchev–Trinajstić information content (AvgIpc) is 2.69. The second-order valence-electron chi connectivity index (χ2n) is 6.00. The Morgan fingerprint density at radius 3 is 2.52 bits per heavy atom. The number of benzene rings is 2. The maximum atomic E-state index is 13.0. The maximum absolute atomic E-state index is 13.0. The fourth-order valence-corrected chi connectivity index (χ4v) is 2.62. The van der Waals surface area contributed by atoms with E-state index in [0.29, 0.717) is 18.8 Å². The second kappa shape index (κ2) is 9.43. The summed E-state index contributed by atoms with van der Waals surface area (Å²) >= 11 is 0. The van der Waals surface area contributed by atoms with E-state index in [9.17, 15) is 14.7 Å². The van der Waals surface area contributed by atoms with Crippen molar-refractivity contribution in [2.75, 3.05) is 19.0 Å². The second-order valence-corrected chi connectivity index (χ2v) is 6.00. The highest BCUT2D eigenvalue weighted by molar-refractivity contribution is 6.01. The van der Waals surface area contributed by atoms with Crippen LogP contribution in [-0.4, -0.2) is 35.5 Å². The first-order valence-corrected chi connectivity index (χ1v) is 8.67. The van der Waals surface area contributed by atoms with Gasteiger partial charge >= 0.3 is 0 Å². The van der Waals surface area contributed by atoms with Crippen LogP contribution in [0.2, 0.25) is 0 Å². The summed E-state index contributed by atoms with van der Waals surface area (Å²) in [7, 11) is 1.60. The van der Waals surface area contributed by atoms with Gasteiger partial charge < -0.3 is 20.1 Å². The molecule has 0 saturated heterocycles. The van der Waals surface area contributed by atoms with Gasteiger partial charge in [0.15, 0.2) is 0 Å². The summed E-state index contributed by atoms with van der Waals surface area (Å²) in [5.41, 5.74) is 1.51. The number of nitrogens with one attached hydrogen (secondary N) is 1. The van der Waals surface area contributed by atoms with Gasteiger partial charge in [-0.25, -0.2) is 0 Å². The molecule has 0 fully saturated rings. The number of hydrogen-bond donors (Lipinski definition) is 2. The number of ether oxygens (including phenoxy) is 1. The molecule has 6 heteroatoms. The van der Waals surface area contributed by atoms with Gasteiger partial charge in [0.1, 0.15) is 11.5 Å². The Balaban J connectivity index is 2.25. The van der Waals surface area contributed by atoms with Crippen molar-refractivity contribution in [2.45, 2.75) is 19.9 Å². The van der Waals surface area contributed by atoms with Crippen LogP contribution in [0, 0.1) is 0 Å². The molecule has 2 aromatic carbocycles. The Morgan fingerprint density at radius 2 is 1.93 bits per heavy atom. The SMILES string of the molecule is C=CC(=O)Nc1ccc(O)c(C(=O)N(CCC)Cc2ccc(OC)cc2)c1. The number of carbonyl (C=O) groups is 2. The number of carbonyl (C=O) groups excluding carboxylic acids is 2. The van der Waals surface area contributed by atoms with Crippen molar-refractivity contribution in [3.05, 3.63) is 66.2 Å². The van der Waals surface area contributed by atoms with E-state index in [1.165, 1.54) is 18.2 Å². The Kier molecular flexibility index (Phi) is 7.00. The van der Waals surface area contributed by atoms with Gasteiger partial charge in [0.2, 0.25) is 5.91 Å². The van der Waals surface area contributed by atoms with Crippen molar-refractivity contribution >= 4 is 17.5 Å². The first-order valence-electron chi connectivity index (χ1n) is 8.67. The van der Waals surface area contributed by atoms with Crippen molar-refractivity contribution in [1.82, 2.24) is 4.90 Å². The van der Waals surface area contributed by atoms with Crippen molar-refractivity contribution in [2.24, 2.45) is 0 Å². The third-order valence-corrected chi connectivity index (χ3v) is 3.99. The van der Waals surface area contributed by atoms with Crippen LogP contribution >= 0.6 is 0 Å². The highest BCUT2D eigenvalue weighted by Crippen LogP contribution is 2.24. The molecular weight excluding hydrogens is 344 g/mol. The molecule has 0 aliphatic heterocycles. The predicted molar refractivity (Wildman–Crippen MR) is 105 cm³/mol. The molecule has 2 aromatic rings. The molecule has 142 valence electrons. The Labute approximate surface area is 159 Å². The van der Waals surface area contributed by atoms with Crippen molar-refractivity contribution in [3.8, 4) is 11.5 Å². The monoisotopic (exact) mass is 368 g/mol. The molecule has 0 aliphatic carbocycles. The first-order chi connectivity index (χ1) is 13.0. The lowest BCUT2D eigenvalue weighted by Crippen LogP contribution is -2.31. The lowest BCUT2D eigenvalue weighted by Gasteiger charge is -2.23. The van der Waals surface area contributed by atoms with Crippen molar-refractivity contribution < 1.29 is 19.4 Å². The van der Waals surface area contributed by atoms with E-state index in [1.54, 1.807) is 12.0 Å². The minimum absolute atomic E-state index is 0.132. The summed E-state index contributed by atoms with van der Waals surface area (Å²) in [5.74, 6) is -0.0783. The summed E-state index contributed by atoms with van der Waals surface area (Å²) < 4.78 is 5.15. The van der Waals surface area contributed by atoms with Crippen LogP contribution < -0.4 is 10.1 Å². The Bertz CT molecular complexity index is 815. The first kappa shape index (κ1) is 20.0. The van der Waals surface area contributed by atoms with Gasteiger partial charge in [-0.15, -0.1) is 0 Å². The van der Waals surface area contributed by atoms with E-state index >= 15 is 0 Å². The van der Waals surface area contributed by atoms with Gasteiger partial charge in [0.05, 0.1) is 12.7 Å². The van der Waals surface area contributed by atoms with Gasteiger partial charge in [0.25, 0.3) is 5.91 Å². The topological polar surface area (TPSA) is 78.9 Å². The summed E-state index contributed by atoms with van der Waals surface area (Å²) in [6, 6.07) is 11.9. The highest BCUT2D eigenvalue weighted by atomic mass is 16.5. The molecule has 0 radical (unpaired) electrons. The highest BCUT2D eigenvalue weighted by Gasteiger charge is 2.19. The van der Waals surface area contributed by atoms with Crippen LogP contribution in [0.3, 0.4) is 0 Å². The lowest BCUT2D eigenvalue weighted by atomic mass is 10.1. The number of rotatable bonds is 8. The van der Waals surface area contributed by atoms with Gasteiger partial charge in [-0.05, 0) is 48.4 Å². The molecule has 2 amide bonds. The molecule has 0 bridgehead atoms. The number of anilines is 1. The summed E-state index contributed by atoms with van der Waals surface area (Å²) in [6.07, 6.45) is 1.91. The van der Waals surface area contributed by atoms with Crippen LogP contribution in [0.15, 0.2) is 55.1 Å². The van der Waals surface area contributed by atoms with E-state index in [4.69, 9.17) is 4.74 Å². The third kappa shape index (κ3) is 5.34. The van der Waals surface area contributed by atoms with Crippen LogP contribution in [0.5, 0.6) is 11.5 Å². The van der Waals surface area contributed by atoms with Crippen LogP contribution in [0.4, 0.5) is 5.69 Å². The van der Waals surface area contributed by atoms with E-state index < -0.39 is 0 Å². The molecular formula is C21H24N2O4. The normalized spacial score (nSPS) is 10.1. The zero-order valence-corrected chi connectivity index (χ0v) is 15.6. The third-order valence-electron chi connectivity index (χ3n) is 3.99. The van der Waals surface area contributed by atoms with Crippen molar-refractivity contribution in [1.29, 1.82) is 0 Å². The molecule has 0 aliphatic rings. The molecule has 2 N–H and O–H groups in total. The molecule has 2 rings (SSSR count). The molecule has 0 spiro atoms. The minimum atomic E-state index is -0.386. The van der Waals surface area contributed by atoms with Gasteiger partial charge in [-0.2, -0.15) is 0 Å². The lowest BCUT2D eigenvalue weighted by molar-refractivity contribution is -0.111. The minimum Gasteiger partial charge on any atom is -0.507 e. The summed E-state index contributed by atoms with van der Waals surface area (Å²) in [4.78, 5) is 26.1. The quantitative estimate of drug-likeness (QED) is 0.551. The zero-order valence-electron chi connectivity index (χ0n) is 15.6. The number of phenols is 1. The standard InChI is InChI=1S/C21H24N2O4/c1-4-12-23(14-15-6-9-17(27-3)10-7-15)21(26)18-13-16(8-11-19(18)24)22-20(25)5-2/h5-11,13,24H,2,4,12,14H2,1,3H3,(H,22,25). The molecule has 0 unspecified atom stereocenters. The molecule has 27 heavy (non-hydrogen) atoms. The number of phenolic OH excluding ortho intramolecular Hbond substituents is 1. The fraction of sp³-hybridized carbons (Fsp3) is 0.238. The van der Waals surface area contributed by atoms with E-state index in [-0.39, 0.29) is 23.1 Å². The molecule has 0 saturated carbocycles. The Hall–Kier alpha value is -3.28.